The summed E-state index contributed by atoms with van der Waals surface area (Å²) >= 11 is 0. The van der Waals surface area contributed by atoms with Gasteiger partial charge in [-0.2, -0.15) is 0 Å². The lowest BCUT2D eigenvalue weighted by Crippen LogP contribution is -2.41. The van der Waals surface area contributed by atoms with E-state index < -0.39 is 9.84 Å². The van der Waals surface area contributed by atoms with E-state index in [9.17, 15) is 8.42 Å². The van der Waals surface area contributed by atoms with E-state index in [0.29, 0.717) is 23.3 Å². The zero-order valence-corrected chi connectivity index (χ0v) is 13.5. The molecule has 1 aliphatic carbocycles. The van der Waals surface area contributed by atoms with Crippen LogP contribution in [0, 0.1) is 11.8 Å². The van der Waals surface area contributed by atoms with Gasteiger partial charge in [-0.05, 0) is 38.0 Å². The minimum absolute atomic E-state index is 0.180. The molecule has 1 fully saturated rings. The Morgan fingerprint density at radius 2 is 2.20 bits per heavy atom. The van der Waals surface area contributed by atoms with Gasteiger partial charge in [0.05, 0.1) is 11.5 Å². The summed E-state index contributed by atoms with van der Waals surface area (Å²) in [5, 5.41) is 0. The molecule has 114 valence electrons. The summed E-state index contributed by atoms with van der Waals surface area (Å²) in [4.78, 5) is 2.33. The van der Waals surface area contributed by atoms with Gasteiger partial charge in [0.2, 0.25) is 0 Å². The molecule has 3 nitrogen and oxygen atoms in total. The fourth-order valence-electron chi connectivity index (χ4n) is 3.55. The standard InChI is InChI=1S/C16H27NO2S/c1-4-9-17(15-8-10-20(18,19)12-15)11-16-13(2)6-5-7-14(16)3/h4,6,14-16H,1,5,7-12H2,2-3H3/t14-,15+,16-/m0/s1. The van der Waals surface area contributed by atoms with Crippen molar-refractivity contribution in [1.82, 2.24) is 4.90 Å². The summed E-state index contributed by atoms with van der Waals surface area (Å²) in [5.41, 5.74) is 1.47. The molecular formula is C16H27NO2S. The Kier molecular flexibility index (Phi) is 5.08. The van der Waals surface area contributed by atoms with Gasteiger partial charge in [0.1, 0.15) is 0 Å². The zero-order chi connectivity index (χ0) is 14.8. The van der Waals surface area contributed by atoms with Crippen molar-refractivity contribution in [3.8, 4) is 0 Å². The van der Waals surface area contributed by atoms with Crippen LogP contribution in [0.4, 0.5) is 0 Å². The van der Waals surface area contributed by atoms with Crippen molar-refractivity contribution in [3.05, 3.63) is 24.3 Å². The fraction of sp³-hybridized carbons (Fsp3) is 0.750. The van der Waals surface area contributed by atoms with Crippen LogP contribution in [0.3, 0.4) is 0 Å². The molecule has 1 saturated heterocycles. The molecule has 0 aromatic rings. The van der Waals surface area contributed by atoms with Gasteiger partial charge in [0.25, 0.3) is 0 Å². The van der Waals surface area contributed by atoms with Crippen LogP contribution in [-0.2, 0) is 9.84 Å². The maximum atomic E-state index is 11.7. The Morgan fingerprint density at radius 3 is 2.75 bits per heavy atom. The second kappa shape index (κ2) is 6.44. The number of allylic oxidation sites excluding steroid dienone is 1. The Bertz CT molecular complexity index is 481. The van der Waals surface area contributed by atoms with E-state index in [1.807, 2.05) is 6.08 Å². The van der Waals surface area contributed by atoms with E-state index in [0.717, 1.165) is 19.5 Å². The van der Waals surface area contributed by atoms with Crippen molar-refractivity contribution < 1.29 is 8.42 Å². The lowest BCUT2D eigenvalue weighted by atomic mass is 9.79. The van der Waals surface area contributed by atoms with Gasteiger partial charge in [0, 0.05) is 19.1 Å². The van der Waals surface area contributed by atoms with Gasteiger partial charge in [-0.3, -0.25) is 4.90 Å². The molecule has 0 saturated carbocycles. The van der Waals surface area contributed by atoms with Crippen LogP contribution in [0.2, 0.25) is 0 Å². The Morgan fingerprint density at radius 1 is 1.45 bits per heavy atom. The summed E-state index contributed by atoms with van der Waals surface area (Å²) < 4.78 is 23.4. The minimum Gasteiger partial charge on any atom is -0.295 e. The molecule has 3 atom stereocenters. The maximum Gasteiger partial charge on any atom is 0.151 e. The Balaban J connectivity index is 2.07. The molecule has 2 rings (SSSR count). The van der Waals surface area contributed by atoms with Crippen molar-refractivity contribution in [2.45, 2.75) is 39.2 Å². The van der Waals surface area contributed by atoms with Crippen molar-refractivity contribution in [1.29, 1.82) is 0 Å². The van der Waals surface area contributed by atoms with Gasteiger partial charge >= 0.3 is 0 Å². The van der Waals surface area contributed by atoms with E-state index in [1.165, 1.54) is 18.4 Å². The predicted molar refractivity (Wildman–Crippen MR) is 84.5 cm³/mol. The fourth-order valence-corrected chi connectivity index (χ4v) is 5.32. The van der Waals surface area contributed by atoms with Gasteiger partial charge in [-0.15, -0.1) is 6.58 Å². The van der Waals surface area contributed by atoms with Crippen LogP contribution in [0.25, 0.3) is 0 Å². The largest absolute Gasteiger partial charge is 0.295 e. The maximum absolute atomic E-state index is 11.7. The van der Waals surface area contributed by atoms with Crippen molar-refractivity contribution >= 4 is 9.84 Å². The highest BCUT2D eigenvalue weighted by atomic mass is 32.2. The van der Waals surface area contributed by atoms with Crippen LogP contribution < -0.4 is 0 Å². The summed E-state index contributed by atoms with van der Waals surface area (Å²) in [6.07, 6.45) is 7.45. The van der Waals surface area contributed by atoms with Crippen LogP contribution in [-0.4, -0.2) is 44.0 Å². The third-order valence-electron chi connectivity index (χ3n) is 4.88. The lowest BCUT2D eigenvalue weighted by Gasteiger charge is -2.36. The number of hydrogen-bond donors (Lipinski definition) is 0. The first kappa shape index (κ1) is 15.8. The molecule has 0 radical (unpaired) electrons. The van der Waals surface area contributed by atoms with E-state index in [1.54, 1.807) is 0 Å². The minimum atomic E-state index is -2.82. The van der Waals surface area contributed by atoms with Crippen LogP contribution in [0.5, 0.6) is 0 Å². The van der Waals surface area contributed by atoms with Gasteiger partial charge in [0.15, 0.2) is 9.84 Å². The average molecular weight is 297 g/mol. The van der Waals surface area contributed by atoms with E-state index in [2.05, 4.69) is 31.4 Å². The molecule has 0 spiro atoms. The molecular weight excluding hydrogens is 270 g/mol. The first-order chi connectivity index (χ1) is 9.43. The van der Waals surface area contributed by atoms with Gasteiger partial charge in [-0.1, -0.05) is 24.6 Å². The summed E-state index contributed by atoms with van der Waals surface area (Å²) in [5.74, 6) is 1.92. The monoisotopic (exact) mass is 297 g/mol. The second-order valence-corrected chi connectivity index (χ2v) is 8.64. The topological polar surface area (TPSA) is 37.4 Å². The predicted octanol–water partition coefficient (Wildman–Crippen LogP) is 2.65. The number of sulfone groups is 1. The molecule has 1 heterocycles. The third-order valence-corrected chi connectivity index (χ3v) is 6.63. The average Bonchev–Trinajstić information content (AvgIpc) is 2.73. The third kappa shape index (κ3) is 3.73. The number of nitrogens with zero attached hydrogens (tertiary/aromatic N) is 1. The molecule has 0 bridgehead atoms. The highest BCUT2D eigenvalue weighted by molar-refractivity contribution is 7.91. The first-order valence-corrected chi connectivity index (χ1v) is 9.47. The van der Waals surface area contributed by atoms with Crippen molar-refractivity contribution in [3.63, 3.8) is 0 Å². The van der Waals surface area contributed by atoms with E-state index in [4.69, 9.17) is 0 Å². The molecule has 2 aliphatic rings. The van der Waals surface area contributed by atoms with Gasteiger partial charge < -0.3 is 0 Å². The Labute approximate surface area is 123 Å². The summed E-state index contributed by atoms with van der Waals surface area (Å²) in [6, 6.07) is 0.180. The SMILES string of the molecule is C=CCN(C[C@H]1C(C)=CCC[C@@H]1C)[C@@H]1CCS(=O)(=O)C1. The molecule has 0 aromatic carbocycles. The molecule has 20 heavy (non-hydrogen) atoms. The molecule has 4 heteroatoms. The molecule has 0 unspecified atom stereocenters. The highest BCUT2D eigenvalue weighted by Gasteiger charge is 2.34. The molecule has 1 aliphatic heterocycles. The number of rotatable bonds is 5. The van der Waals surface area contributed by atoms with Crippen molar-refractivity contribution in [2.75, 3.05) is 24.6 Å². The number of hydrogen-bond acceptors (Lipinski definition) is 3. The quantitative estimate of drug-likeness (QED) is 0.732. The van der Waals surface area contributed by atoms with E-state index in [-0.39, 0.29) is 6.04 Å². The van der Waals surface area contributed by atoms with Crippen LogP contribution in [0.1, 0.15) is 33.1 Å². The van der Waals surface area contributed by atoms with Crippen LogP contribution >= 0.6 is 0 Å². The first-order valence-electron chi connectivity index (χ1n) is 7.65. The smallest absolute Gasteiger partial charge is 0.151 e. The molecule has 0 amide bonds. The zero-order valence-electron chi connectivity index (χ0n) is 12.7. The second-order valence-electron chi connectivity index (χ2n) is 6.41. The highest BCUT2D eigenvalue weighted by Crippen LogP contribution is 2.32. The van der Waals surface area contributed by atoms with E-state index >= 15 is 0 Å². The molecule has 0 N–H and O–H groups in total. The van der Waals surface area contributed by atoms with Crippen molar-refractivity contribution in [2.24, 2.45) is 11.8 Å². The molecule has 0 aromatic heterocycles. The lowest BCUT2D eigenvalue weighted by molar-refractivity contribution is 0.179. The van der Waals surface area contributed by atoms with Crippen LogP contribution in [0.15, 0.2) is 24.3 Å². The summed E-state index contributed by atoms with van der Waals surface area (Å²) in [7, 11) is -2.82. The summed E-state index contributed by atoms with van der Waals surface area (Å²) in [6.45, 7) is 10.1. The van der Waals surface area contributed by atoms with Gasteiger partial charge in [-0.25, -0.2) is 8.42 Å². The normalized spacial score (nSPS) is 33.1. The Hall–Kier alpha value is -0.610.